The second kappa shape index (κ2) is 11.5. The summed E-state index contributed by atoms with van der Waals surface area (Å²) < 4.78 is 27.7. The van der Waals surface area contributed by atoms with E-state index in [0.29, 0.717) is 35.5 Å². The normalized spacial score (nSPS) is 21.4. The minimum atomic E-state index is -0.821. The Labute approximate surface area is 191 Å². The molecule has 1 heterocycles. The SMILES string of the molecule is COc1cc(/C=C/C[C@@H]2OC(C)(C)O[C@@H]2C=O)c(C(=O)O[C@@H](C)C/C=C\Br)c(OC)c1. The zero-order valence-corrected chi connectivity index (χ0v) is 20.0. The van der Waals surface area contributed by atoms with E-state index in [1.54, 1.807) is 37.0 Å². The van der Waals surface area contributed by atoms with Gasteiger partial charge < -0.3 is 28.5 Å². The maximum atomic E-state index is 12.9. The quantitative estimate of drug-likeness (QED) is 0.343. The molecular formula is C23H29BrO7. The van der Waals surface area contributed by atoms with Gasteiger partial charge in [0.1, 0.15) is 29.3 Å². The van der Waals surface area contributed by atoms with Crippen molar-refractivity contribution in [3.8, 4) is 11.5 Å². The highest BCUT2D eigenvalue weighted by molar-refractivity contribution is 9.11. The summed E-state index contributed by atoms with van der Waals surface area (Å²) in [7, 11) is 3.02. The van der Waals surface area contributed by atoms with Crippen LogP contribution < -0.4 is 9.47 Å². The molecule has 2 rings (SSSR count). The maximum absolute atomic E-state index is 12.9. The number of aldehydes is 1. The van der Waals surface area contributed by atoms with Crippen LogP contribution in [0.2, 0.25) is 0 Å². The lowest BCUT2D eigenvalue weighted by Crippen LogP contribution is -2.23. The van der Waals surface area contributed by atoms with Gasteiger partial charge in [-0.2, -0.15) is 0 Å². The lowest BCUT2D eigenvalue weighted by atomic mass is 10.0. The summed E-state index contributed by atoms with van der Waals surface area (Å²) in [6.45, 7) is 5.34. The van der Waals surface area contributed by atoms with Gasteiger partial charge in [0, 0.05) is 12.5 Å². The van der Waals surface area contributed by atoms with Crippen LogP contribution in [0.3, 0.4) is 0 Å². The average Bonchev–Trinajstić information content (AvgIpc) is 3.04. The van der Waals surface area contributed by atoms with Crippen LogP contribution in [0.5, 0.6) is 11.5 Å². The molecule has 1 aromatic rings. The summed E-state index contributed by atoms with van der Waals surface area (Å²) in [5.74, 6) is -0.435. The van der Waals surface area contributed by atoms with Crippen LogP contribution in [0.1, 0.15) is 49.5 Å². The Morgan fingerprint density at radius 3 is 2.58 bits per heavy atom. The van der Waals surface area contributed by atoms with Gasteiger partial charge in [-0.15, -0.1) is 0 Å². The van der Waals surface area contributed by atoms with E-state index in [1.165, 1.54) is 14.2 Å². The maximum Gasteiger partial charge on any atom is 0.342 e. The van der Waals surface area contributed by atoms with Gasteiger partial charge in [0.05, 0.1) is 20.3 Å². The number of benzene rings is 1. The van der Waals surface area contributed by atoms with Crippen molar-refractivity contribution in [3.05, 3.63) is 40.4 Å². The number of hydrogen-bond donors (Lipinski definition) is 0. The molecule has 0 spiro atoms. The van der Waals surface area contributed by atoms with Gasteiger partial charge in [-0.05, 0) is 43.8 Å². The van der Waals surface area contributed by atoms with E-state index < -0.39 is 24.0 Å². The third-order valence-electron chi connectivity index (χ3n) is 4.65. The first kappa shape index (κ1) is 25.1. The molecule has 1 aromatic carbocycles. The smallest absolute Gasteiger partial charge is 0.342 e. The number of carbonyl (C=O) groups excluding carboxylic acids is 2. The number of ether oxygens (including phenoxy) is 5. The van der Waals surface area contributed by atoms with Crippen molar-refractivity contribution >= 4 is 34.3 Å². The van der Waals surface area contributed by atoms with E-state index in [9.17, 15) is 9.59 Å². The summed E-state index contributed by atoms with van der Waals surface area (Å²) >= 11 is 3.21. The fourth-order valence-corrected chi connectivity index (χ4v) is 3.48. The van der Waals surface area contributed by atoms with E-state index in [0.717, 1.165) is 6.29 Å². The number of halogens is 1. The Balaban J connectivity index is 2.29. The summed E-state index contributed by atoms with van der Waals surface area (Å²) in [6.07, 6.45) is 5.82. The molecule has 0 aliphatic carbocycles. The Morgan fingerprint density at radius 2 is 1.97 bits per heavy atom. The van der Waals surface area contributed by atoms with Gasteiger partial charge in [-0.1, -0.05) is 34.2 Å². The average molecular weight is 497 g/mol. The highest BCUT2D eigenvalue weighted by Crippen LogP contribution is 2.32. The van der Waals surface area contributed by atoms with Crippen LogP contribution in [-0.4, -0.2) is 50.6 Å². The molecule has 0 saturated carbocycles. The lowest BCUT2D eigenvalue weighted by molar-refractivity contribution is -0.149. The molecule has 0 aromatic heterocycles. The number of methoxy groups -OCH3 is 2. The van der Waals surface area contributed by atoms with E-state index >= 15 is 0 Å². The van der Waals surface area contributed by atoms with Crippen LogP contribution in [0.4, 0.5) is 0 Å². The van der Waals surface area contributed by atoms with E-state index in [-0.39, 0.29) is 6.10 Å². The predicted molar refractivity (Wildman–Crippen MR) is 121 cm³/mol. The summed E-state index contributed by atoms with van der Waals surface area (Å²) in [4.78, 5) is 25.9. The van der Waals surface area contributed by atoms with E-state index in [2.05, 4.69) is 15.9 Å². The van der Waals surface area contributed by atoms with Crippen molar-refractivity contribution in [2.45, 2.75) is 57.7 Å². The summed E-state index contributed by atoms with van der Waals surface area (Å²) in [5, 5.41) is 0. The highest BCUT2D eigenvalue weighted by atomic mass is 79.9. The fraction of sp³-hybridized carbons (Fsp3) is 0.478. The molecule has 3 atom stereocenters. The molecule has 0 bridgehead atoms. The van der Waals surface area contributed by atoms with Crippen LogP contribution >= 0.6 is 15.9 Å². The van der Waals surface area contributed by atoms with E-state index in [4.69, 9.17) is 23.7 Å². The minimum Gasteiger partial charge on any atom is -0.497 e. The lowest BCUT2D eigenvalue weighted by Gasteiger charge is -2.17. The van der Waals surface area contributed by atoms with Crippen LogP contribution in [0, 0.1) is 0 Å². The third kappa shape index (κ3) is 6.92. The first-order valence-electron chi connectivity index (χ1n) is 9.94. The minimum absolute atomic E-state index is 0.296. The molecule has 0 unspecified atom stereocenters. The first-order valence-corrected chi connectivity index (χ1v) is 10.9. The Morgan fingerprint density at radius 1 is 1.23 bits per heavy atom. The molecule has 0 radical (unpaired) electrons. The molecule has 1 saturated heterocycles. The molecule has 0 N–H and O–H groups in total. The van der Waals surface area contributed by atoms with Crippen molar-refractivity contribution in [2.75, 3.05) is 14.2 Å². The van der Waals surface area contributed by atoms with Crippen LogP contribution in [0.15, 0.2) is 29.3 Å². The number of carbonyl (C=O) groups is 2. The van der Waals surface area contributed by atoms with Crippen LogP contribution in [-0.2, 0) is 19.0 Å². The van der Waals surface area contributed by atoms with Crippen molar-refractivity contribution in [2.24, 2.45) is 0 Å². The molecule has 1 aliphatic rings. The van der Waals surface area contributed by atoms with Gasteiger partial charge in [0.15, 0.2) is 12.1 Å². The Hall–Kier alpha value is -2.16. The van der Waals surface area contributed by atoms with Gasteiger partial charge in [-0.3, -0.25) is 0 Å². The van der Waals surface area contributed by atoms with Crippen molar-refractivity contribution in [1.29, 1.82) is 0 Å². The zero-order chi connectivity index (χ0) is 23.0. The molecule has 1 fully saturated rings. The predicted octanol–water partition coefficient (Wildman–Crippen LogP) is 4.67. The molecule has 0 amide bonds. The van der Waals surface area contributed by atoms with Crippen molar-refractivity contribution in [3.63, 3.8) is 0 Å². The van der Waals surface area contributed by atoms with Crippen molar-refractivity contribution < 1.29 is 33.3 Å². The van der Waals surface area contributed by atoms with E-state index in [1.807, 2.05) is 19.1 Å². The number of esters is 1. The zero-order valence-electron chi connectivity index (χ0n) is 18.4. The standard InChI is InChI=1S/C23H29BrO7/c1-15(8-7-11-24)29-22(26)21-16(12-17(27-4)13-19(21)28-5)9-6-10-18-20(14-25)31-23(2,3)30-18/h6-7,9,11-15,18,20H,8,10H2,1-5H3/b9-6+,11-7-/t15-,18-,20+/m0/s1. The largest absolute Gasteiger partial charge is 0.497 e. The van der Waals surface area contributed by atoms with Gasteiger partial charge in [-0.25, -0.2) is 4.79 Å². The molecule has 7 nitrogen and oxygen atoms in total. The Kier molecular flexibility index (Phi) is 9.28. The summed E-state index contributed by atoms with van der Waals surface area (Å²) in [5.41, 5.74) is 0.871. The second-order valence-electron chi connectivity index (χ2n) is 7.52. The molecule has 31 heavy (non-hydrogen) atoms. The number of hydrogen-bond acceptors (Lipinski definition) is 7. The first-order chi connectivity index (χ1) is 14.7. The van der Waals surface area contributed by atoms with Crippen LogP contribution in [0.25, 0.3) is 6.08 Å². The third-order valence-corrected chi connectivity index (χ3v) is 5.03. The fourth-order valence-electron chi connectivity index (χ4n) is 3.26. The molecule has 8 heteroatoms. The highest BCUT2D eigenvalue weighted by Gasteiger charge is 2.40. The molecule has 1 aliphatic heterocycles. The number of rotatable bonds is 10. The Bertz CT molecular complexity index is 831. The second-order valence-corrected chi connectivity index (χ2v) is 8.05. The molecule has 170 valence electrons. The van der Waals surface area contributed by atoms with Gasteiger partial charge in [0.2, 0.25) is 0 Å². The topological polar surface area (TPSA) is 80.3 Å². The summed E-state index contributed by atoms with van der Waals surface area (Å²) in [6, 6.07) is 3.36. The van der Waals surface area contributed by atoms with Gasteiger partial charge >= 0.3 is 5.97 Å². The monoisotopic (exact) mass is 496 g/mol. The van der Waals surface area contributed by atoms with Gasteiger partial charge in [0.25, 0.3) is 0 Å². The van der Waals surface area contributed by atoms with Crippen molar-refractivity contribution in [1.82, 2.24) is 0 Å². The molecular weight excluding hydrogens is 468 g/mol.